The molecule has 1 aromatic rings. The molecule has 3 nitrogen and oxygen atoms in total. The Morgan fingerprint density at radius 3 is 2.72 bits per heavy atom. The summed E-state index contributed by atoms with van der Waals surface area (Å²) in [6, 6.07) is 7.71. The van der Waals surface area contributed by atoms with Crippen molar-refractivity contribution >= 4 is 39.4 Å². The van der Waals surface area contributed by atoms with Gasteiger partial charge in [-0.25, -0.2) is 0 Å². The highest BCUT2D eigenvalue weighted by Crippen LogP contribution is 2.23. The van der Waals surface area contributed by atoms with Crippen molar-refractivity contribution in [3.8, 4) is 0 Å². The Labute approximate surface area is 119 Å². The van der Waals surface area contributed by atoms with Crippen LogP contribution in [0.4, 0.5) is 0 Å². The molecule has 0 spiro atoms. The van der Waals surface area contributed by atoms with Crippen molar-refractivity contribution in [2.24, 2.45) is 5.92 Å². The van der Waals surface area contributed by atoms with Gasteiger partial charge in [0.1, 0.15) is 5.92 Å². The monoisotopic (exact) mass is 330 g/mol. The van der Waals surface area contributed by atoms with Crippen LogP contribution in [0.5, 0.6) is 0 Å². The minimum Gasteiger partial charge on any atom is -0.468 e. The van der Waals surface area contributed by atoms with Gasteiger partial charge in [0.05, 0.1) is 12.9 Å². The van der Waals surface area contributed by atoms with Crippen molar-refractivity contribution in [3.05, 3.63) is 28.7 Å². The molecule has 0 aromatic heterocycles. The fourth-order valence-electron chi connectivity index (χ4n) is 1.48. The van der Waals surface area contributed by atoms with E-state index in [0.29, 0.717) is 6.42 Å². The van der Waals surface area contributed by atoms with Crippen LogP contribution in [0.2, 0.25) is 0 Å². The molecule has 0 fully saturated rings. The molecule has 0 aliphatic heterocycles. The average molecular weight is 331 g/mol. The van der Waals surface area contributed by atoms with Gasteiger partial charge in [0.25, 0.3) is 0 Å². The maximum atomic E-state index is 11.9. The smallest absolute Gasteiger partial charge is 0.316 e. The SMILES string of the molecule is CCC(C(=O)CSc1cccc(Br)c1)C(=O)OC. The van der Waals surface area contributed by atoms with Crippen LogP contribution in [0.15, 0.2) is 33.6 Å². The summed E-state index contributed by atoms with van der Waals surface area (Å²) in [5, 5.41) is 0. The summed E-state index contributed by atoms with van der Waals surface area (Å²) in [6.45, 7) is 1.81. The summed E-state index contributed by atoms with van der Waals surface area (Å²) >= 11 is 4.80. The van der Waals surface area contributed by atoms with E-state index >= 15 is 0 Å². The van der Waals surface area contributed by atoms with Gasteiger partial charge in [0, 0.05) is 9.37 Å². The van der Waals surface area contributed by atoms with Gasteiger partial charge in [-0.2, -0.15) is 0 Å². The highest BCUT2D eigenvalue weighted by molar-refractivity contribution is 9.10. The van der Waals surface area contributed by atoms with Crippen molar-refractivity contribution in [1.29, 1.82) is 0 Å². The Kier molecular flexibility index (Phi) is 6.43. The lowest BCUT2D eigenvalue weighted by molar-refractivity contribution is -0.148. The number of halogens is 1. The lowest BCUT2D eigenvalue weighted by Crippen LogP contribution is -2.26. The first-order valence-electron chi connectivity index (χ1n) is 5.57. The fraction of sp³-hybridized carbons (Fsp3) is 0.385. The molecule has 1 rings (SSSR count). The van der Waals surface area contributed by atoms with E-state index in [2.05, 4.69) is 20.7 Å². The second-order valence-corrected chi connectivity index (χ2v) is 5.66. The number of hydrogen-bond donors (Lipinski definition) is 0. The van der Waals surface area contributed by atoms with Gasteiger partial charge in [0.2, 0.25) is 0 Å². The average Bonchev–Trinajstić information content (AvgIpc) is 2.37. The number of ether oxygens (including phenoxy) is 1. The van der Waals surface area contributed by atoms with Crippen LogP contribution in [0.1, 0.15) is 13.3 Å². The van der Waals surface area contributed by atoms with Gasteiger partial charge >= 0.3 is 5.97 Å². The molecular weight excluding hydrogens is 316 g/mol. The summed E-state index contributed by atoms with van der Waals surface area (Å²) in [7, 11) is 1.31. The third-order valence-corrected chi connectivity index (χ3v) is 3.97. The number of esters is 1. The summed E-state index contributed by atoms with van der Waals surface area (Å²) < 4.78 is 5.59. The Balaban J connectivity index is 2.57. The number of Topliss-reactive ketones (excluding diaryl/α,β-unsaturated/α-hetero) is 1. The Morgan fingerprint density at radius 2 is 2.17 bits per heavy atom. The number of thioether (sulfide) groups is 1. The standard InChI is InChI=1S/C13H15BrO3S/c1-3-11(13(16)17-2)12(15)8-18-10-6-4-5-9(14)7-10/h4-7,11H,3,8H2,1-2H3. The molecule has 0 aliphatic rings. The maximum Gasteiger partial charge on any atom is 0.316 e. The van der Waals surface area contributed by atoms with Gasteiger partial charge in [-0.1, -0.05) is 28.9 Å². The van der Waals surface area contributed by atoms with E-state index in [4.69, 9.17) is 0 Å². The molecule has 1 unspecified atom stereocenters. The lowest BCUT2D eigenvalue weighted by Gasteiger charge is -2.10. The molecule has 0 bridgehead atoms. The predicted molar refractivity (Wildman–Crippen MR) is 75.7 cm³/mol. The van der Waals surface area contributed by atoms with Crippen molar-refractivity contribution in [1.82, 2.24) is 0 Å². The second-order valence-electron chi connectivity index (χ2n) is 3.70. The van der Waals surface area contributed by atoms with E-state index in [1.807, 2.05) is 31.2 Å². The number of ketones is 1. The molecule has 18 heavy (non-hydrogen) atoms. The fourth-order valence-corrected chi connectivity index (χ4v) is 2.93. The molecule has 0 heterocycles. The van der Waals surface area contributed by atoms with E-state index in [1.165, 1.54) is 18.9 Å². The Bertz CT molecular complexity index is 434. The molecule has 0 aliphatic carbocycles. The zero-order valence-electron chi connectivity index (χ0n) is 10.3. The molecule has 1 atom stereocenters. The first-order valence-corrected chi connectivity index (χ1v) is 7.35. The van der Waals surface area contributed by atoms with Crippen LogP contribution in [0, 0.1) is 5.92 Å². The van der Waals surface area contributed by atoms with Crippen molar-refractivity contribution < 1.29 is 14.3 Å². The van der Waals surface area contributed by atoms with Crippen molar-refractivity contribution in [2.75, 3.05) is 12.9 Å². The van der Waals surface area contributed by atoms with Gasteiger partial charge in [0.15, 0.2) is 5.78 Å². The molecule has 0 saturated heterocycles. The van der Waals surface area contributed by atoms with Gasteiger partial charge in [-0.15, -0.1) is 11.8 Å². The number of carbonyl (C=O) groups excluding carboxylic acids is 2. The third kappa shape index (κ3) is 4.46. The quantitative estimate of drug-likeness (QED) is 0.456. The predicted octanol–water partition coefficient (Wildman–Crippen LogP) is 3.31. The molecule has 0 amide bonds. The van der Waals surface area contributed by atoms with Crippen LogP contribution in [-0.4, -0.2) is 24.6 Å². The highest BCUT2D eigenvalue weighted by atomic mass is 79.9. The number of methoxy groups -OCH3 is 1. The zero-order valence-corrected chi connectivity index (χ0v) is 12.7. The molecule has 0 saturated carbocycles. The number of rotatable bonds is 6. The Morgan fingerprint density at radius 1 is 1.44 bits per heavy atom. The lowest BCUT2D eigenvalue weighted by atomic mass is 10.0. The summed E-state index contributed by atoms with van der Waals surface area (Å²) in [4.78, 5) is 24.3. The van der Waals surface area contributed by atoms with Crippen LogP contribution < -0.4 is 0 Å². The zero-order chi connectivity index (χ0) is 13.5. The van der Waals surface area contributed by atoms with E-state index < -0.39 is 11.9 Å². The van der Waals surface area contributed by atoms with Crippen LogP contribution in [0.25, 0.3) is 0 Å². The molecule has 5 heteroatoms. The summed E-state index contributed by atoms with van der Waals surface area (Å²) in [5.41, 5.74) is 0. The van der Waals surface area contributed by atoms with E-state index in [9.17, 15) is 9.59 Å². The Hall–Kier alpha value is -0.810. The molecule has 0 radical (unpaired) electrons. The van der Waals surface area contributed by atoms with Crippen LogP contribution >= 0.6 is 27.7 Å². The molecular formula is C13H15BrO3S. The van der Waals surface area contributed by atoms with E-state index in [0.717, 1.165) is 9.37 Å². The minimum atomic E-state index is -0.644. The molecule has 1 aromatic carbocycles. The summed E-state index contributed by atoms with van der Waals surface area (Å²) in [5.74, 6) is -0.898. The second kappa shape index (κ2) is 7.59. The van der Waals surface area contributed by atoms with E-state index in [1.54, 1.807) is 0 Å². The highest BCUT2D eigenvalue weighted by Gasteiger charge is 2.25. The largest absolute Gasteiger partial charge is 0.468 e. The van der Waals surface area contributed by atoms with Gasteiger partial charge in [-0.3, -0.25) is 9.59 Å². The maximum absolute atomic E-state index is 11.9. The van der Waals surface area contributed by atoms with Gasteiger partial charge < -0.3 is 4.74 Å². The minimum absolute atomic E-state index is 0.0886. The topological polar surface area (TPSA) is 43.4 Å². The summed E-state index contributed by atoms with van der Waals surface area (Å²) in [6.07, 6.45) is 0.477. The number of carbonyl (C=O) groups is 2. The first kappa shape index (κ1) is 15.2. The van der Waals surface area contributed by atoms with E-state index in [-0.39, 0.29) is 11.5 Å². The van der Waals surface area contributed by atoms with Crippen molar-refractivity contribution in [3.63, 3.8) is 0 Å². The van der Waals surface area contributed by atoms with Crippen molar-refractivity contribution in [2.45, 2.75) is 18.2 Å². The number of hydrogen-bond acceptors (Lipinski definition) is 4. The van der Waals surface area contributed by atoms with Gasteiger partial charge in [-0.05, 0) is 24.6 Å². The first-order chi connectivity index (χ1) is 8.58. The normalized spacial score (nSPS) is 11.9. The van der Waals surface area contributed by atoms with Crippen LogP contribution in [-0.2, 0) is 14.3 Å². The molecule has 0 N–H and O–H groups in total. The van der Waals surface area contributed by atoms with Crippen LogP contribution in [0.3, 0.4) is 0 Å². The third-order valence-electron chi connectivity index (χ3n) is 2.46. The number of benzene rings is 1. The molecule has 98 valence electrons.